The van der Waals surface area contributed by atoms with E-state index < -0.39 is 17.6 Å². The van der Waals surface area contributed by atoms with Crippen molar-refractivity contribution in [3.8, 4) is 11.5 Å². The molecule has 3 heterocycles. The summed E-state index contributed by atoms with van der Waals surface area (Å²) in [6.45, 7) is 0. The van der Waals surface area contributed by atoms with Gasteiger partial charge in [-0.3, -0.25) is 14.5 Å². The highest BCUT2D eigenvalue weighted by atomic mass is 19.4. The van der Waals surface area contributed by atoms with E-state index in [-0.39, 0.29) is 11.7 Å². The van der Waals surface area contributed by atoms with Crippen molar-refractivity contribution < 1.29 is 22.5 Å². The first kappa shape index (κ1) is 19.9. The molecule has 0 saturated carbocycles. The van der Waals surface area contributed by atoms with Gasteiger partial charge in [-0.25, -0.2) is 4.98 Å². The van der Waals surface area contributed by atoms with Crippen molar-refractivity contribution in [2.24, 2.45) is 0 Å². The van der Waals surface area contributed by atoms with Crippen LogP contribution >= 0.6 is 0 Å². The molecule has 0 saturated heterocycles. The fourth-order valence-corrected chi connectivity index (χ4v) is 3.74. The third-order valence-electron chi connectivity index (χ3n) is 5.25. The largest absolute Gasteiger partial charge is 0.416 e. The van der Waals surface area contributed by atoms with Crippen LogP contribution in [0.5, 0.6) is 0 Å². The number of benzene rings is 1. The van der Waals surface area contributed by atoms with E-state index in [0.717, 1.165) is 11.6 Å². The second-order valence-electron chi connectivity index (χ2n) is 7.30. The first-order valence-corrected chi connectivity index (χ1v) is 9.67. The molecule has 3 aromatic heterocycles. The maximum Gasteiger partial charge on any atom is 0.416 e. The van der Waals surface area contributed by atoms with Crippen LogP contribution in [0.2, 0.25) is 0 Å². The van der Waals surface area contributed by atoms with Crippen LogP contribution in [0, 0.1) is 0 Å². The highest BCUT2D eigenvalue weighted by Gasteiger charge is 2.33. The molecule has 4 aromatic rings. The summed E-state index contributed by atoms with van der Waals surface area (Å²) in [6.07, 6.45) is 4.39. The molecule has 1 amide bonds. The maximum absolute atomic E-state index is 13.0. The third-order valence-corrected chi connectivity index (χ3v) is 5.25. The number of amides is 1. The fraction of sp³-hybridized carbons (Fsp3) is 0.190. The number of aryl methyl sites for hydroxylation is 1. The number of nitrogens with one attached hydrogen (secondary N) is 1. The summed E-state index contributed by atoms with van der Waals surface area (Å²) in [5.41, 5.74) is 1.73. The van der Waals surface area contributed by atoms with Gasteiger partial charge >= 0.3 is 6.18 Å². The van der Waals surface area contributed by atoms with Crippen LogP contribution in [0.15, 0.2) is 59.8 Å². The van der Waals surface area contributed by atoms with Gasteiger partial charge in [0.1, 0.15) is 5.69 Å². The highest BCUT2D eigenvalue weighted by Crippen LogP contribution is 2.38. The van der Waals surface area contributed by atoms with Gasteiger partial charge in [-0.2, -0.15) is 18.3 Å². The van der Waals surface area contributed by atoms with Crippen LogP contribution in [0.25, 0.3) is 11.5 Å². The van der Waals surface area contributed by atoms with Crippen LogP contribution < -0.4 is 5.32 Å². The van der Waals surface area contributed by atoms with Crippen LogP contribution in [0.3, 0.4) is 0 Å². The third kappa shape index (κ3) is 3.72. The number of carbonyl (C=O) groups excluding carboxylic acids is 1. The summed E-state index contributed by atoms with van der Waals surface area (Å²) >= 11 is 0. The second kappa shape index (κ2) is 7.59. The number of halogens is 3. The van der Waals surface area contributed by atoms with Crippen LogP contribution in [-0.2, 0) is 12.6 Å². The molecular formula is C21H15F3N6O2. The lowest BCUT2D eigenvalue weighted by molar-refractivity contribution is -0.137. The summed E-state index contributed by atoms with van der Waals surface area (Å²) in [6, 6.07) is 5.03. The maximum atomic E-state index is 13.0. The molecule has 11 heteroatoms. The van der Waals surface area contributed by atoms with Crippen LogP contribution in [0.1, 0.15) is 39.6 Å². The van der Waals surface area contributed by atoms with E-state index in [0.29, 0.717) is 35.5 Å². The zero-order chi connectivity index (χ0) is 22.3. The first-order valence-electron chi connectivity index (χ1n) is 9.67. The molecule has 1 aliphatic carbocycles. The number of hydrogen-bond donors (Lipinski definition) is 1. The lowest BCUT2D eigenvalue weighted by Gasteiger charge is -2.13. The number of fused-ring (bicyclic) bond motifs is 1. The van der Waals surface area contributed by atoms with Gasteiger partial charge in [0, 0.05) is 24.7 Å². The summed E-state index contributed by atoms with van der Waals surface area (Å²) in [5, 5.41) is 10.7. The van der Waals surface area contributed by atoms with Gasteiger partial charge in [0.25, 0.3) is 5.91 Å². The Morgan fingerprint density at radius 1 is 1.19 bits per heavy atom. The zero-order valence-corrected chi connectivity index (χ0v) is 16.4. The molecule has 0 spiro atoms. The molecule has 32 heavy (non-hydrogen) atoms. The monoisotopic (exact) mass is 440 g/mol. The van der Waals surface area contributed by atoms with Crippen molar-refractivity contribution in [3.05, 3.63) is 77.6 Å². The van der Waals surface area contributed by atoms with E-state index in [1.54, 1.807) is 10.9 Å². The fourth-order valence-electron chi connectivity index (χ4n) is 3.74. The van der Waals surface area contributed by atoms with Gasteiger partial charge in [-0.1, -0.05) is 11.2 Å². The van der Waals surface area contributed by atoms with E-state index in [1.165, 1.54) is 43.0 Å². The van der Waals surface area contributed by atoms with Gasteiger partial charge in [0.2, 0.25) is 0 Å². The van der Waals surface area contributed by atoms with Gasteiger partial charge in [-0.15, -0.1) is 0 Å². The normalized spacial score (nSPS) is 15.5. The average molecular weight is 440 g/mol. The number of carbonyl (C=O) groups is 1. The Bertz CT molecular complexity index is 1280. The topological polar surface area (TPSA) is 98.7 Å². The number of nitrogens with zero attached hydrogens (tertiary/aromatic N) is 5. The van der Waals surface area contributed by atoms with E-state index in [9.17, 15) is 18.0 Å². The Kier molecular flexibility index (Phi) is 4.72. The molecular weight excluding hydrogens is 425 g/mol. The van der Waals surface area contributed by atoms with Crippen LogP contribution in [0.4, 0.5) is 18.9 Å². The van der Waals surface area contributed by atoms with Crippen molar-refractivity contribution in [3.63, 3.8) is 0 Å². The molecule has 0 radical (unpaired) electrons. The Labute approximate surface area is 179 Å². The van der Waals surface area contributed by atoms with E-state index in [4.69, 9.17) is 4.52 Å². The van der Waals surface area contributed by atoms with Gasteiger partial charge < -0.3 is 9.84 Å². The second-order valence-corrected chi connectivity index (χ2v) is 7.30. The van der Waals surface area contributed by atoms with Gasteiger partial charge in [0.05, 0.1) is 29.7 Å². The SMILES string of the molecule is O=C(Nc1cnn(C2CCc3cc(C(F)(F)F)ccc32)c1)c1cc(-c2cnccn2)on1. The predicted octanol–water partition coefficient (Wildman–Crippen LogP) is 4.13. The molecule has 1 aliphatic rings. The predicted molar refractivity (Wildman–Crippen MR) is 106 cm³/mol. The number of anilines is 1. The standard InChI is InChI=1S/C21H15F3N6O2/c22-21(23,24)13-2-3-15-12(7-13)1-4-18(15)30-11-14(9-27-30)28-20(31)16-8-19(32-29-16)17-10-25-5-6-26-17/h2-3,5-11,18H,1,4H2,(H,28,31). The Hall–Kier alpha value is -4.02. The van der Waals surface area contributed by atoms with Crippen molar-refractivity contribution in [2.75, 3.05) is 5.32 Å². The van der Waals surface area contributed by atoms with Gasteiger partial charge in [-0.05, 0) is 36.1 Å². The summed E-state index contributed by atoms with van der Waals surface area (Å²) in [5.74, 6) is -0.190. The Morgan fingerprint density at radius 2 is 2.06 bits per heavy atom. The van der Waals surface area contributed by atoms with Crippen molar-refractivity contribution in [1.82, 2.24) is 24.9 Å². The molecule has 1 atom stereocenters. The summed E-state index contributed by atoms with van der Waals surface area (Å²) < 4.78 is 45.7. The lowest BCUT2D eigenvalue weighted by Crippen LogP contribution is -2.12. The lowest BCUT2D eigenvalue weighted by atomic mass is 10.0. The molecule has 8 nitrogen and oxygen atoms in total. The molecule has 1 aromatic carbocycles. The summed E-state index contributed by atoms with van der Waals surface area (Å²) in [4.78, 5) is 20.5. The number of aromatic nitrogens is 5. The Balaban J connectivity index is 1.30. The molecule has 1 unspecified atom stereocenters. The number of hydrogen-bond acceptors (Lipinski definition) is 6. The Morgan fingerprint density at radius 3 is 2.84 bits per heavy atom. The van der Waals surface area contributed by atoms with E-state index in [1.807, 2.05) is 0 Å². The molecule has 5 rings (SSSR count). The minimum absolute atomic E-state index is 0.0595. The molecule has 162 valence electrons. The van der Waals surface area contributed by atoms with Gasteiger partial charge in [0.15, 0.2) is 11.5 Å². The zero-order valence-electron chi connectivity index (χ0n) is 16.4. The molecule has 0 aliphatic heterocycles. The quantitative estimate of drug-likeness (QED) is 0.512. The van der Waals surface area contributed by atoms with E-state index >= 15 is 0 Å². The molecule has 0 fully saturated rings. The van der Waals surface area contributed by atoms with Crippen molar-refractivity contribution in [2.45, 2.75) is 25.1 Å². The molecule has 0 bridgehead atoms. The highest BCUT2D eigenvalue weighted by molar-refractivity contribution is 6.03. The number of rotatable bonds is 4. The minimum atomic E-state index is -4.37. The van der Waals surface area contributed by atoms with Crippen LogP contribution in [-0.4, -0.2) is 30.8 Å². The first-order chi connectivity index (χ1) is 15.4. The molecule has 1 N–H and O–H groups in total. The minimum Gasteiger partial charge on any atom is -0.354 e. The summed E-state index contributed by atoms with van der Waals surface area (Å²) in [7, 11) is 0. The number of alkyl halides is 3. The van der Waals surface area contributed by atoms with Crippen molar-refractivity contribution >= 4 is 11.6 Å². The van der Waals surface area contributed by atoms with E-state index in [2.05, 4.69) is 25.5 Å². The van der Waals surface area contributed by atoms with Crippen molar-refractivity contribution in [1.29, 1.82) is 0 Å². The average Bonchev–Trinajstić information content (AvgIpc) is 3.52. The smallest absolute Gasteiger partial charge is 0.354 e.